The van der Waals surface area contributed by atoms with E-state index in [4.69, 9.17) is 9.15 Å². The molecular formula is C24H24FN3O5S2. The van der Waals surface area contributed by atoms with E-state index in [0.717, 1.165) is 6.26 Å². The lowest BCUT2D eigenvalue weighted by Crippen LogP contribution is -2.30. The van der Waals surface area contributed by atoms with Gasteiger partial charge in [-0.3, -0.25) is 9.10 Å². The number of benzene rings is 2. The Labute approximate surface area is 206 Å². The fraction of sp³-hybridized carbons (Fsp3) is 0.250. The number of hydrogen-bond donors (Lipinski definition) is 1. The smallest absolute Gasteiger partial charge is 0.255 e. The van der Waals surface area contributed by atoms with Crippen LogP contribution in [-0.2, 0) is 16.6 Å². The van der Waals surface area contributed by atoms with Crippen LogP contribution < -0.4 is 14.4 Å². The van der Waals surface area contributed by atoms with Gasteiger partial charge >= 0.3 is 0 Å². The zero-order chi connectivity index (χ0) is 25.3. The number of carbonyl (C=O) groups excluding carboxylic acids is 1. The number of anilines is 1. The van der Waals surface area contributed by atoms with E-state index < -0.39 is 21.7 Å². The molecule has 2 aromatic heterocycles. The van der Waals surface area contributed by atoms with Crippen LogP contribution in [0.2, 0.25) is 0 Å². The predicted octanol–water partition coefficient (Wildman–Crippen LogP) is 4.81. The SMILES string of the molecule is CNC(=O)c1c(-c2ccc(F)cc2)oc2cc(N(Cc3cscn3)S(C)(=O)=O)c(OC(C)C)cc12. The molecular weight excluding hydrogens is 493 g/mol. The maximum Gasteiger partial charge on any atom is 0.255 e. The van der Waals surface area contributed by atoms with Crippen LogP contribution in [0.15, 0.2) is 51.7 Å². The summed E-state index contributed by atoms with van der Waals surface area (Å²) in [5.41, 5.74) is 3.47. The van der Waals surface area contributed by atoms with Gasteiger partial charge in [-0.05, 0) is 44.2 Å². The summed E-state index contributed by atoms with van der Waals surface area (Å²) in [7, 11) is -2.25. The highest BCUT2D eigenvalue weighted by Gasteiger charge is 2.28. The maximum atomic E-state index is 13.5. The van der Waals surface area contributed by atoms with Crippen LogP contribution in [0.25, 0.3) is 22.3 Å². The molecule has 8 nitrogen and oxygen atoms in total. The minimum Gasteiger partial charge on any atom is -0.489 e. The average molecular weight is 518 g/mol. The molecule has 0 spiro atoms. The van der Waals surface area contributed by atoms with E-state index in [1.54, 1.807) is 23.0 Å². The van der Waals surface area contributed by atoms with Crippen molar-refractivity contribution in [3.05, 3.63) is 64.4 Å². The Balaban J connectivity index is 1.99. The number of amides is 1. The van der Waals surface area contributed by atoms with Gasteiger partial charge in [-0.25, -0.2) is 17.8 Å². The molecule has 0 saturated carbocycles. The van der Waals surface area contributed by atoms with Crippen molar-refractivity contribution in [1.29, 1.82) is 0 Å². The van der Waals surface area contributed by atoms with Crippen LogP contribution in [-0.4, -0.2) is 38.7 Å². The highest BCUT2D eigenvalue weighted by atomic mass is 32.2. The van der Waals surface area contributed by atoms with Crippen molar-refractivity contribution < 1.29 is 26.8 Å². The second kappa shape index (κ2) is 9.67. The molecule has 0 aliphatic heterocycles. The molecule has 0 radical (unpaired) electrons. The molecule has 184 valence electrons. The van der Waals surface area contributed by atoms with Gasteiger partial charge in [0, 0.05) is 29.4 Å². The van der Waals surface area contributed by atoms with Gasteiger partial charge in [0.05, 0.1) is 41.4 Å². The summed E-state index contributed by atoms with van der Waals surface area (Å²) in [6, 6.07) is 8.71. The lowest BCUT2D eigenvalue weighted by atomic mass is 10.0. The molecule has 2 heterocycles. The van der Waals surface area contributed by atoms with Crippen molar-refractivity contribution in [3.8, 4) is 17.1 Å². The molecule has 0 atom stereocenters. The van der Waals surface area contributed by atoms with Crippen LogP contribution in [0.1, 0.15) is 29.9 Å². The fourth-order valence-corrected chi connectivity index (χ4v) is 5.07. The van der Waals surface area contributed by atoms with Gasteiger partial charge in [-0.15, -0.1) is 11.3 Å². The number of nitrogens with one attached hydrogen (secondary N) is 1. The van der Waals surface area contributed by atoms with Gasteiger partial charge in [0.1, 0.15) is 22.9 Å². The van der Waals surface area contributed by atoms with Crippen LogP contribution >= 0.6 is 11.3 Å². The summed E-state index contributed by atoms with van der Waals surface area (Å²) in [6.45, 7) is 3.63. The van der Waals surface area contributed by atoms with Crippen molar-refractivity contribution in [1.82, 2.24) is 10.3 Å². The predicted molar refractivity (Wildman–Crippen MR) is 134 cm³/mol. The topological polar surface area (TPSA) is 102 Å². The Morgan fingerprint density at radius 1 is 1.26 bits per heavy atom. The monoisotopic (exact) mass is 517 g/mol. The number of rotatable bonds is 8. The van der Waals surface area contributed by atoms with E-state index in [0.29, 0.717) is 16.6 Å². The Bertz CT molecular complexity index is 1460. The largest absolute Gasteiger partial charge is 0.489 e. The quantitative estimate of drug-likeness (QED) is 0.360. The average Bonchev–Trinajstić information content (AvgIpc) is 3.43. The molecule has 1 N–H and O–H groups in total. The van der Waals surface area contributed by atoms with Gasteiger partial charge < -0.3 is 14.5 Å². The Kier molecular flexibility index (Phi) is 6.82. The van der Waals surface area contributed by atoms with Crippen molar-refractivity contribution in [3.63, 3.8) is 0 Å². The molecule has 1 amide bonds. The number of hydrogen-bond acceptors (Lipinski definition) is 7. The van der Waals surface area contributed by atoms with E-state index in [2.05, 4.69) is 10.3 Å². The molecule has 11 heteroatoms. The van der Waals surface area contributed by atoms with Crippen molar-refractivity contribution in [2.24, 2.45) is 0 Å². The Morgan fingerprint density at radius 2 is 1.97 bits per heavy atom. The van der Waals surface area contributed by atoms with Gasteiger partial charge in [0.2, 0.25) is 10.0 Å². The molecule has 0 bridgehead atoms. The summed E-state index contributed by atoms with van der Waals surface area (Å²) in [5.74, 6) is -0.331. The van der Waals surface area contributed by atoms with Crippen molar-refractivity contribution in [2.45, 2.75) is 26.5 Å². The molecule has 2 aromatic carbocycles. The zero-order valence-corrected chi connectivity index (χ0v) is 21.2. The molecule has 0 unspecified atom stereocenters. The first-order valence-corrected chi connectivity index (χ1v) is 13.5. The van der Waals surface area contributed by atoms with E-state index in [1.807, 2.05) is 13.8 Å². The first-order chi connectivity index (χ1) is 16.6. The Morgan fingerprint density at radius 3 is 2.54 bits per heavy atom. The summed E-state index contributed by atoms with van der Waals surface area (Å²) >= 11 is 1.36. The number of furan rings is 1. The van der Waals surface area contributed by atoms with Crippen molar-refractivity contribution >= 4 is 43.9 Å². The third-order valence-electron chi connectivity index (χ3n) is 5.15. The highest BCUT2D eigenvalue weighted by Crippen LogP contribution is 2.41. The van der Waals surface area contributed by atoms with Gasteiger partial charge in [-0.1, -0.05) is 0 Å². The molecule has 0 aliphatic carbocycles. The molecule has 35 heavy (non-hydrogen) atoms. The van der Waals surface area contributed by atoms with E-state index in [-0.39, 0.29) is 41.0 Å². The standard InChI is InChI=1S/C24H24FN3O5S2/c1-14(2)32-21-9-18-20(10-19(21)28(35(4,30)31)11-17-12-34-13-27-17)33-23(22(18)24(29)26-3)15-5-7-16(25)8-6-15/h5-10,12-14H,11H2,1-4H3,(H,26,29). The van der Waals surface area contributed by atoms with Gasteiger partial charge in [0.15, 0.2) is 0 Å². The minimum absolute atomic E-state index is 0.00384. The lowest BCUT2D eigenvalue weighted by molar-refractivity contribution is 0.0964. The van der Waals surface area contributed by atoms with E-state index in [9.17, 15) is 17.6 Å². The second-order valence-corrected chi connectivity index (χ2v) is 10.7. The molecule has 0 aliphatic rings. The number of carbonyl (C=O) groups is 1. The Hall–Kier alpha value is -3.44. The fourth-order valence-electron chi connectivity index (χ4n) is 3.65. The lowest BCUT2D eigenvalue weighted by Gasteiger charge is -2.25. The van der Waals surface area contributed by atoms with Gasteiger partial charge in [0.25, 0.3) is 5.91 Å². The van der Waals surface area contributed by atoms with E-state index >= 15 is 0 Å². The van der Waals surface area contributed by atoms with E-state index in [1.165, 1.54) is 47.0 Å². The molecule has 4 rings (SSSR count). The zero-order valence-electron chi connectivity index (χ0n) is 19.5. The second-order valence-electron chi connectivity index (χ2n) is 8.12. The van der Waals surface area contributed by atoms with Crippen LogP contribution in [0.3, 0.4) is 0 Å². The number of sulfonamides is 1. The van der Waals surface area contributed by atoms with Crippen LogP contribution in [0.4, 0.5) is 10.1 Å². The minimum atomic E-state index is -3.75. The molecule has 0 saturated heterocycles. The first kappa shape index (κ1) is 24.7. The number of thiazole rings is 1. The van der Waals surface area contributed by atoms with Gasteiger partial charge in [-0.2, -0.15) is 0 Å². The maximum absolute atomic E-state index is 13.5. The summed E-state index contributed by atoms with van der Waals surface area (Å²) in [4.78, 5) is 17.1. The highest BCUT2D eigenvalue weighted by molar-refractivity contribution is 7.92. The normalized spacial score (nSPS) is 11.7. The summed E-state index contributed by atoms with van der Waals surface area (Å²) in [6.07, 6.45) is 0.823. The first-order valence-electron chi connectivity index (χ1n) is 10.7. The number of aromatic nitrogens is 1. The van der Waals surface area contributed by atoms with Crippen molar-refractivity contribution in [2.75, 3.05) is 17.6 Å². The summed E-state index contributed by atoms with van der Waals surface area (Å²) in [5, 5.41) is 4.81. The number of ether oxygens (including phenoxy) is 1. The van der Waals surface area contributed by atoms with Crippen LogP contribution in [0, 0.1) is 5.82 Å². The third kappa shape index (κ3) is 5.15. The number of fused-ring (bicyclic) bond motifs is 1. The number of nitrogens with zero attached hydrogens (tertiary/aromatic N) is 2. The van der Waals surface area contributed by atoms with Crippen LogP contribution in [0.5, 0.6) is 5.75 Å². The molecule has 0 fully saturated rings. The molecule has 4 aromatic rings. The third-order valence-corrected chi connectivity index (χ3v) is 6.91. The number of halogens is 1. The summed E-state index contributed by atoms with van der Waals surface area (Å²) < 4.78 is 52.4.